The molecular weight excluding hydrogens is 689 g/mol. The van der Waals surface area contributed by atoms with E-state index in [1.165, 1.54) is 43.5 Å². The van der Waals surface area contributed by atoms with E-state index in [0.717, 1.165) is 80.6 Å². The summed E-state index contributed by atoms with van der Waals surface area (Å²) >= 11 is 3.54. The molecular formula is C40H54N8O2S2. The number of hydrogen-bond acceptors (Lipinski definition) is 10. The standard InChI is InChI=1S/C21H26N4O2S.C19H28N4S/c1-6-25-20(16-7-9-17(10-8-16)24(2)3)22-23-21(25)28-14-15-11-18(26-4)13-19(12-15)27-5;1-4-23-18(16-10-12-17(13-11-16)22(2)3)20-21-19(23)24-14-15-8-6-5-7-9-15/h7-13H,6,14H2,1-5H3;10-13,15H,4-9,14H2,1-3H3. The van der Waals surface area contributed by atoms with Gasteiger partial charge in [0, 0.05) is 81.4 Å². The summed E-state index contributed by atoms with van der Waals surface area (Å²) in [7, 11) is 11.5. The number of nitrogens with zero attached hydrogens (tertiary/aromatic N) is 8. The number of methoxy groups -OCH3 is 2. The van der Waals surface area contributed by atoms with Crippen LogP contribution in [-0.4, -0.2) is 77.7 Å². The zero-order chi connectivity index (χ0) is 37.0. The van der Waals surface area contributed by atoms with Crippen LogP contribution in [0.4, 0.5) is 11.4 Å². The summed E-state index contributed by atoms with van der Waals surface area (Å²) in [6.07, 6.45) is 6.97. The van der Waals surface area contributed by atoms with Crippen LogP contribution in [0, 0.1) is 5.92 Å². The lowest BCUT2D eigenvalue weighted by Gasteiger charge is -2.20. The Morgan fingerprint density at radius 2 is 1.10 bits per heavy atom. The molecule has 0 unspecified atom stereocenters. The topological polar surface area (TPSA) is 86.4 Å². The smallest absolute Gasteiger partial charge is 0.191 e. The lowest BCUT2D eigenvalue weighted by molar-refractivity contribution is 0.390. The van der Waals surface area contributed by atoms with E-state index in [0.29, 0.717) is 0 Å². The predicted octanol–water partition coefficient (Wildman–Crippen LogP) is 9.04. The maximum atomic E-state index is 5.36. The van der Waals surface area contributed by atoms with Crippen molar-refractivity contribution in [2.75, 3.05) is 58.0 Å². The van der Waals surface area contributed by atoms with Gasteiger partial charge in [-0.25, -0.2) is 0 Å². The third kappa shape index (κ3) is 10.0. The van der Waals surface area contributed by atoms with Gasteiger partial charge in [0.15, 0.2) is 22.0 Å². The molecule has 2 heterocycles. The van der Waals surface area contributed by atoms with Gasteiger partial charge in [0.05, 0.1) is 14.2 Å². The minimum absolute atomic E-state index is 0.755. The lowest BCUT2D eigenvalue weighted by atomic mass is 9.91. The number of ether oxygens (including phenoxy) is 2. The summed E-state index contributed by atoms with van der Waals surface area (Å²) in [5.74, 6) is 6.23. The monoisotopic (exact) mass is 742 g/mol. The number of thioether (sulfide) groups is 2. The largest absolute Gasteiger partial charge is 0.497 e. The fourth-order valence-electron chi connectivity index (χ4n) is 6.25. The van der Waals surface area contributed by atoms with E-state index >= 15 is 0 Å². The van der Waals surface area contributed by atoms with Crippen molar-refractivity contribution in [2.24, 2.45) is 5.92 Å². The first-order chi connectivity index (χ1) is 25.2. The van der Waals surface area contributed by atoms with Crippen LogP contribution in [0.2, 0.25) is 0 Å². The van der Waals surface area contributed by atoms with Crippen molar-refractivity contribution in [3.05, 3.63) is 72.3 Å². The average molecular weight is 743 g/mol. The number of rotatable bonds is 14. The Balaban J connectivity index is 0.000000203. The van der Waals surface area contributed by atoms with Crippen molar-refractivity contribution in [2.45, 2.75) is 75.1 Å². The van der Waals surface area contributed by atoms with Gasteiger partial charge in [-0.2, -0.15) is 0 Å². The lowest BCUT2D eigenvalue weighted by Crippen LogP contribution is -2.09. The normalized spacial score (nSPS) is 13.0. The summed E-state index contributed by atoms with van der Waals surface area (Å²) in [5, 5.41) is 19.8. The quantitative estimate of drug-likeness (QED) is 0.103. The molecule has 6 rings (SSSR count). The third-order valence-corrected chi connectivity index (χ3v) is 11.5. The van der Waals surface area contributed by atoms with Crippen molar-refractivity contribution in [1.29, 1.82) is 0 Å². The highest BCUT2D eigenvalue weighted by atomic mass is 32.2. The molecule has 0 aliphatic heterocycles. The molecule has 0 bridgehead atoms. The molecule has 3 aromatic carbocycles. The highest BCUT2D eigenvalue weighted by Gasteiger charge is 2.18. The van der Waals surface area contributed by atoms with Crippen molar-refractivity contribution in [1.82, 2.24) is 29.5 Å². The Morgan fingerprint density at radius 1 is 0.635 bits per heavy atom. The van der Waals surface area contributed by atoms with Gasteiger partial charge in [0.2, 0.25) is 0 Å². The molecule has 0 radical (unpaired) electrons. The molecule has 278 valence electrons. The minimum Gasteiger partial charge on any atom is -0.497 e. The van der Waals surface area contributed by atoms with E-state index in [1.807, 2.05) is 44.1 Å². The van der Waals surface area contributed by atoms with E-state index in [9.17, 15) is 0 Å². The van der Waals surface area contributed by atoms with Crippen molar-refractivity contribution < 1.29 is 9.47 Å². The van der Waals surface area contributed by atoms with Crippen LogP contribution in [0.25, 0.3) is 22.8 Å². The summed E-state index contributed by atoms with van der Waals surface area (Å²) in [5.41, 5.74) is 5.68. The van der Waals surface area contributed by atoms with Gasteiger partial charge in [0.25, 0.3) is 0 Å². The fraction of sp³-hybridized carbons (Fsp3) is 0.450. The van der Waals surface area contributed by atoms with Crippen LogP contribution < -0.4 is 19.3 Å². The van der Waals surface area contributed by atoms with E-state index in [1.54, 1.807) is 26.0 Å². The SMILES string of the molecule is CCn1c(SCC2CCCCC2)nnc1-c1ccc(N(C)C)cc1.CCn1c(SCc2cc(OC)cc(OC)c2)nnc1-c1ccc(N(C)C)cc1. The Hall–Kier alpha value is -4.16. The molecule has 10 nitrogen and oxygen atoms in total. The second-order valence-corrected chi connectivity index (χ2v) is 15.2. The maximum Gasteiger partial charge on any atom is 0.191 e. The van der Waals surface area contributed by atoms with E-state index in [2.05, 4.69) is 116 Å². The summed E-state index contributed by atoms with van der Waals surface area (Å²) < 4.78 is 15.1. The van der Waals surface area contributed by atoms with Crippen molar-refractivity contribution >= 4 is 34.9 Å². The van der Waals surface area contributed by atoms with E-state index in [-0.39, 0.29) is 0 Å². The van der Waals surface area contributed by atoms with Gasteiger partial charge in [-0.1, -0.05) is 42.8 Å². The van der Waals surface area contributed by atoms with Gasteiger partial charge in [-0.05, 0) is 98.8 Å². The molecule has 0 spiro atoms. The molecule has 1 aliphatic rings. The minimum atomic E-state index is 0.755. The van der Waals surface area contributed by atoms with Gasteiger partial charge >= 0.3 is 0 Å². The molecule has 0 saturated heterocycles. The molecule has 1 saturated carbocycles. The molecule has 0 amide bonds. The van der Waals surface area contributed by atoms with Crippen molar-refractivity contribution in [3.63, 3.8) is 0 Å². The second-order valence-electron chi connectivity index (χ2n) is 13.3. The number of benzene rings is 3. The van der Waals surface area contributed by atoms with Gasteiger partial charge in [-0.3, -0.25) is 0 Å². The van der Waals surface area contributed by atoms with Crippen LogP contribution in [-0.2, 0) is 18.8 Å². The first-order valence-electron chi connectivity index (χ1n) is 18.1. The zero-order valence-electron chi connectivity index (χ0n) is 32.0. The Kier molecular flexibility index (Phi) is 14.3. The zero-order valence-corrected chi connectivity index (χ0v) is 33.6. The molecule has 52 heavy (non-hydrogen) atoms. The first kappa shape index (κ1) is 39.1. The molecule has 0 N–H and O–H groups in total. The number of hydrogen-bond donors (Lipinski definition) is 0. The second kappa shape index (κ2) is 19.1. The molecule has 12 heteroatoms. The molecule has 2 aromatic heterocycles. The van der Waals surface area contributed by atoms with E-state index in [4.69, 9.17) is 9.47 Å². The first-order valence-corrected chi connectivity index (χ1v) is 20.1. The van der Waals surface area contributed by atoms with Gasteiger partial charge in [-0.15, -0.1) is 20.4 Å². The number of aromatic nitrogens is 6. The Bertz CT molecular complexity index is 1810. The Morgan fingerprint density at radius 3 is 1.52 bits per heavy atom. The Labute approximate surface area is 318 Å². The average Bonchev–Trinajstić information content (AvgIpc) is 3.80. The van der Waals surface area contributed by atoms with Crippen LogP contribution in [0.1, 0.15) is 51.5 Å². The molecule has 0 atom stereocenters. The highest BCUT2D eigenvalue weighted by molar-refractivity contribution is 7.99. The number of anilines is 2. The van der Waals surface area contributed by atoms with Gasteiger partial charge in [0.1, 0.15) is 11.5 Å². The summed E-state index contributed by atoms with van der Waals surface area (Å²) in [6, 6.07) is 22.8. The predicted molar refractivity (Wildman–Crippen MR) is 217 cm³/mol. The van der Waals surface area contributed by atoms with Crippen molar-refractivity contribution in [3.8, 4) is 34.3 Å². The summed E-state index contributed by atoms with van der Waals surface area (Å²) in [6.45, 7) is 6.00. The van der Waals surface area contributed by atoms with Gasteiger partial charge < -0.3 is 28.4 Å². The molecule has 5 aromatic rings. The molecule has 1 aliphatic carbocycles. The van der Waals surface area contributed by atoms with Crippen LogP contribution in [0.5, 0.6) is 11.5 Å². The third-order valence-electron chi connectivity index (χ3n) is 9.30. The van der Waals surface area contributed by atoms with Crippen LogP contribution in [0.3, 0.4) is 0 Å². The van der Waals surface area contributed by atoms with E-state index < -0.39 is 0 Å². The van der Waals surface area contributed by atoms with Crippen LogP contribution >= 0.6 is 23.5 Å². The highest BCUT2D eigenvalue weighted by Crippen LogP contribution is 2.32. The maximum absolute atomic E-state index is 5.36. The summed E-state index contributed by atoms with van der Waals surface area (Å²) in [4.78, 5) is 4.19. The van der Waals surface area contributed by atoms with Crippen LogP contribution in [0.15, 0.2) is 77.0 Å². The fourth-order valence-corrected chi connectivity index (χ4v) is 8.37. The molecule has 1 fully saturated rings.